The standard InChI is InChI=1S/C12H22N2O2/c13-12(15)9-3-5-10(6-4-9)14-8-11-2-1-7-16-11/h9-11,14H,1-8H2,(H2,13,15). The van der Waals surface area contributed by atoms with Crippen LogP contribution in [0, 0.1) is 5.92 Å². The second-order valence-electron chi connectivity index (χ2n) is 4.99. The van der Waals surface area contributed by atoms with Crippen LogP contribution in [0.15, 0.2) is 0 Å². The van der Waals surface area contributed by atoms with Crippen molar-refractivity contribution in [3.8, 4) is 0 Å². The van der Waals surface area contributed by atoms with Gasteiger partial charge in [0.25, 0.3) is 0 Å². The average Bonchev–Trinajstić information content (AvgIpc) is 2.80. The third kappa shape index (κ3) is 3.19. The Kier molecular flexibility index (Phi) is 4.18. The number of nitrogens with one attached hydrogen (secondary N) is 1. The van der Waals surface area contributed by atoms with Crippen LogP contribution >= 0.6 is 0 Å². The Morgan fingerprint density at radius 3 is 2.56 bits per heavy atom. The van der Waals surface area contributed by atoms with Gasteiger partial charge in [-0.3, -0.25) is 4.79 Å². The maximum atomic E-state index is 11.0. The molecule has 0 aromatic carbocycles. The second-order valence-corrected chi connectivity index (χ2v) is 4.99. The highest BCUT2D eigenvalue weighted by Crippen LogP contribution is 2.24. The van der Waals surface area contributed by atoms with E-state index in [1.807, 2.05) is 0 Å². The zero-order valence-corrected chi connectivity index (χ0v) is 9.78. The molecule has 1 atom stereocenters. The van der Waals surface area contributed by atoms with Crippen molar-refractivity contribution in [2.45, 2.75) is 50.7 Å². The summed E-state index contributed by atoms with van der Waals surface area (Å²) in [6, 6.07) is 0.555. The Labute approximate surface area is 96.9 Å². The number of ether oxygens (including phenoxy) is 1. The molecule has 0 bridgehead atoms. The van der Waals surface area contributed by atoms with Crippen molar-refractivity contribution in [3.63, 3.8) is 0 Å². The van der Waals surface area contributed by atoms with Gasteiger partial charge in [-0.05, 0) is 38.5 Å². The van der Waals surface area contributed by atoms with Crippen molar-refractivity contribution < 1.29 is 9.53 Å². The van der Waals surface area contributed by atoms with Crippen LogP contribution < -0.4 is 11.1 Å². The van der Waals surface area contributed by atoms with Crippen LogP contribution in [-0.4, -0.2) is 31.2 Å². The maximum absolute atomic E-state index is 11.0. The fourth-order valence-corrected chi connectivity index (χ4v) is 2.69. The molecule has 1 unspecified atom stereocenters. The maximum Gasteiger partial charge on any atom is 0.220 e. The largest absolute Gasteiger partial charge is 0.377 e. The summed E-state index contributed by atoms with van der Waals surface area (Å²) in [6.45, 7) is 1.88. The summed E-state index contributed by atoms with van der Waals surface area (Å²) in [5, 5.41) is 3.55. The third-order valence-electron chi connectivity index (χ3n) is 3.79. The Morgan fingerprint density at radius 1 is 1.25 bits per heavy atom. The summed E-state index contributed by atoms with van der Waals surface area (Å²) in [4.78, 5) is 11.0. The highest BCUT2D eigenvalue weighted by molar-refractivity contribution is 5.76. The lowest BCUT2D eigenvalue weighted by atomic mass is 9.85. The number of primary amides is 1. The highest BCUT2D eigenvalue weighted by atomic mass is 16.5. The molecule has 16 heavy (non-hydrogen) atoms. The van der Waals surface area contributed by atoms with Gasteiger partial charge in [0, 0.05) is 25.1 Å². The Hall–Kier alpha value is -0.610. The molecule has 0 aromatic heterocycles. The van der Waals surface area contributed by atoms with Crippen LogP contribution in [0.3, 0.4) is 0 Å². The van der Waals surface area contributed by atoms with Crippen molar-refractivity contribution in [1.29, 1.82) is 0 Å². The molecule has 1 aliphatic carbocycles. The monoisotopic (exact) mass is 226 g/mol. The SMILES string of the molecule is NC(=O)C1CCC(NCC2CCCO2)CC1. The van der Waals surface area contributed by atoms with E-state index in [-0.39, 0.29) is 11.8 Å². The van der Waals surface area contributed by atoms with Crippen LogP contribution in [0.2, 0.25) is 0 Å². The van der Waals surface area contributed by atoms with E-state index in [1.54, 1.807) is 0 Å². The molecule has 3 N–H and O–H groups in total. The lowest BCUT2D eigenvalue weighted by Crippen LogP contribution is -2.39. The summed E-state index contributed by atoms with van der Waals surface area (Å²) in [7, 11) is 0. The summed E-state index contributed by atoms with van der Waals surface area (Å²) in [5.74, 6) is -0.0154. The average molecular weight is 226 g/mol. The number of amides is 1. The van der Waals surface area contributed by atoms with Gasteiger partial charge in [-0.2, -0.15) is 0 Å². The van der Waals surface area contributed by atoms with Crippen molar-refractivity contribution in [3.05, 3.63) is 0 Å². The fraction of sp³-hybridized carbons (Fsp3) is 0.917. The smallest absolute Gasteiger partial charge is 0.220 e. The van der Waals surface area contributed by atoms with Crippen molar-refractivity contribution in [2.24, 2.45) is 11.7 Å². The van der Waals surface area contributed by atoms with E-state index in [9.17, 15) is 4.79 Å². The lowest BCUT2D eigenvalue weighted by molar-refractivity contribution is -0.122. The first-order valence-electron chi connectivity index (χ1n) is 6.40. The van der Waals surface area contributed by atoms with Gasteiger partial charge >= 0.3 is 0 Å². The molecule has 2 rings (SSSR count). The first-order chi connectivity index (χ1) is 7.75. The van der Waals surface area contributed by atoms with E-state index in [0.717, 1.165) is 38.8 Å². The van der Waals surface area contributed by atoms with E-state index < -0.39 is 0 Å². The molecule has 0 radical (unpaired) electrons. The number of rotatable bonds is 4. The molecular formula is C12H22N2O2. The minimum Gasteiger partial charge on any atom is -0.377 e. The predicted molar refractivity (Wildman–Crippen MR) is 61.9 cm³/mol. The number of carbonyl (C=O) groups excluding carboxylic acids is 1. The first kappa shape index (κ1) is 11.9. The summed E-state index contributed by atoms with van der Waals surface area (Å²) in [6.07, 6.45) is 6.82. The van der Waals surface area contributed by atoms with E-state index in [4.69, 9.17) is 10.5 Å². The quantitative estimate of drug-likeness (QED) is 0.745. The summed E-state index contributed by atoms with van der Waals surface area (Å²) >= 11 is 0. The van der Waals surface area contributed by atoms with Gasteiger partial charge in [0.2, 0.25) is 5.91 Å². The van der Waals surface area contributed by atoms with Crippen LogP contribution in [0.4, 0.5) is 0 Å². The zero-order chi connectivity index (χ0) is 11.4. The molecule has 0 aromatic rings. The number of nitrogens with two attached hydrogens (primary N) is 1. The lowest BCUT2D eigenvalue weighted by Gasteiger charge is -2.28. The molecule has 1 aliphatic heterocycles. The normalized spacial score (nSPS) is 35.1. The van der Waals surface area contributed by atoms with Gasteiger partial charge in [0.15, 0.2) is 0 Å². The van der Waals surface area contributed by atoms with Crippen LogP contribution in [0.5, 0.6) is 0 Å². The van der Waals surface area contributed by atoms with Gasteiger partial charge in [-0.1, -0.05) is 0 Å². The third-order valence-corrected chi connectivity index (χ3v) is 3.79. The van der Waals surface area contributed by atoms with Crippen molar-refractivity contribution in [2.75, 3.05) is 13.2 Å². The van der Waals surface area contributed by atoms with Gasteiger partial charge in [-0.25, -0.2) is 0 Å². The van der Waals surface area contributed by atoms with Crippen molar-refractivity contribution >= 4 is 5.91 Å². The van der Waals surface area contributed by atoms with E-state index in [2.05, 4.69) is 5.32 Å². The van der Waals surface area contributed by atoms with Gasteiger partial charge in [0.1, 0.15) is 0 Å². The molecule has 4 heteroatoms. The Balaban J connectivity index is 1.63. The molecule has 1 saturated heterocycles. The molecular weight excluding hydrogens is 204 g/mol. The summed E-state index contributed by atoms with van der Waals surface area (Å²) in [5.41, 5.74) is 5.31. The van der Waals surface area contributed by atoms with Crippen LogP contribution in [0.1, 0.15) is 38.5 Å². The fourth-order valence-electron chi connectivity index (χ4n) is 2.69. The molecule has 0 spiro atoms. The van der Waals surface area contributed by atoms with Gasteiger partial charge < -0.3 is 15.8 Å². The number of hydrogen-bond acceptors (Lipinski definition) is 3. The predicted octanol–water partition coefficient (Wildman–Crippen LogP) is 0.799. The summed E-state index contributed by atoms with van der Waals surface area (Å²) < 4.78 is 5.57. The molecule has 1 saturated carbocycles. The van der Waals surface area contributed by atoms with Crippen LogP contribution in [0.25, 0.3) is 0 Å². The minimum absolute atomic E-state index is 0.112. The number of hydrogen-bond donors (Lipinski definition) is 2. The van der Waals surface area contributed by atoms with E-state index in [1.165, 1.54) is 12.8 Å². The topological polar surface area (TPSA) is 64.4 Å². The molecule has 1 amide bonds. The molecule has 2 aliphatic rings. The molecule has 1 heterocycles. The highest BCUT2D eigenvalue weighted by Gasteiger charge is 2.25. The van der Waals surface area contributed by atoms with E-state index >= 15 is 0 Å². The second kappa shape index (κ2) is 5.64. The Morgan fingerprint density at radius 2 is 2.00 bits per heavy atom. The van der Waals surface area contributed by atoms with Crippen molar-refractivity contribution in [1.82, 2.24) is 5.32 Å². The van der Waals surface area contributed by atoms with Gasteiger partial charge in [0.05, 0.1) is 6.10 Å². The molecule has 4 nitrogen and oxygen atoms in total. The zero-order valence-electron chi connectivity index (χ0n) is 9.78. The van der Waals surface area contributed by atoms with Gasteiger partial charge in [-0.15, -0.1) is 0 Å². The first-order valence-corrected chi connectivity index (χ1v) is 6.40. The minimum atomic E-state index is -0.127. The van der Waals surface area contributed by atoms with E-state index in [0.29, 0.717) is 12.1 Å². The number of carbonyl (C=O) groups is 1. The molecule has 92 valence electrons. The molecule has 2 fully saturated rings. The Bertz CT molecular complexity index is 231. The van der Waals surface area contributed by atoms with Crippen LogP contribution in [-0.2, 0) is 9.53 Å².